The van der Waals surface area contributed by atoms with Crippen LogP contribution in [0.2, 0.25) is 0 Å². The lowest BCUT2D eigenvalue weighted by Crippen LogP contribution is -2.14. The van der Waals surface area contributed by atoms with E-state index >= 15 is 0 Å². The fourth-order valence-electron chi connectivity index (χ4n) is 3.26. The summed E-state index contributed by atoms with van der Waals surface area (Å²) in [6.07, 6.45) is 3.90. The van der Waals surface area contributed by atoms with Crippen LogP contribution in [0.25, 0.3) is 17.1 Å². The number of nitrogens with one attached hydrogen (secondary N) is 1. The number of carbonyl (C=O) groups is 1. The maximum atomic E-state index is 12.9. The Balaban J connectivity index is 1.37. The van der Waals surface area contributed by atoms with Gasteiger partial charge in [-0.05, 0) is 36.8 Å². The molecular formula is C21H17N5O3S. The average molecular weight is 419 g/mol. The van der Waals surface area contributed by atoms with Crippen molar-refractivity contribution in [1.29, 1.82) is 0 Å². The monoisotopic (exact) mass is 419 g/mol. The molecule has 1 aliphatic rings. The van der Waals surface area contributed by atoms with Crippen LogP contribution >= 0.6 is 11.3 Å². The quantitative estimate of drug-likeness (QED) is 0.527. The Morgan fingerprint density at radius 2 is 2.13 bits per heavy atom. The topological polar surface area (TPSA) is 91.2 Å². The number of rotatable bonds is 5. The fraction of sp³-hybridized carbons (Fsp3) is 0.143. The third kappa shape index (κ3) is 3.29. The van der Waals surface area contributed by atoms with E-state index in [2.05, 4.69) is 20.4 Å². The second-order valence-corrected chi connectivity index (χ2v) is 7.38. The fourth-order valence-corrected chi connectivity index (χ4v) is 3.98. The van der Waals surface area contributed by atoms with Crippen molar-refractivity contribution >= 4 is 22.4 Å². The molecular weight excluding hydrogens is 402 g/mol. The van der Waals surface area contributed by atoms with Gasteiger partial charge in [0.1, 0.15) is 0 Å². The van der Waals surface area contributed by atoms with E-state index in [-0.39, 0.29) is 12.7 Å². The number of hydrogen-bond donors (Lipinski definition) is 1. The van der Waals surface area contributed by atoms with Gasteiger partial charge in [-0.15, -0.1) is 11.3 Å². The summed E-state index contributed by atoms with van der Waals surface area (Å²) in [5.74, 6) is 1.84. The van der Waals surface area contributed by atoms with E-state index in [4.69, 9.17) is 9.47 Å². The van der Waals surface area contributed by atoms with Crippen LogP contribution in [0.3, 0.4) is 0 Å². The Labute approximate surface area is 176 Å². The number of benzene rings is 1. The van der Waals surface area contributed by atoms with Crippen LogP contribution in [0.15, 0.2) is 54.2 Å². The van der Waals surface area contributed by atoms with E-state index in [1.165, 1.54) is 11.3 Å². The molecule has 0 saturated carbocycles. The third-order valence-electron chi connectivity index (χ3n) is 4.71. The molecule has 4 heterocycles. The minimum Gasteiger partial charge on any atom is -0.454 e. The predicted octanol–water partition coefficient (Wildman–Crippen LogP) is 3.93. The van der Waals surface area contributed by atoms with Gasteiger partial charge in [0.15, 0.2) is 22.4 Å². The minimum atomic E-state index is -0.249. The summed E-state index contributed by atoms with van der Waals surface area (Å²) in [7, 11) is 0. The highest BCUT2D eigenvalue weighted by molar-refractivity contribution is 7.14. The molecule has 1 amide bonds. The van der Waals surface area contributed by atoms with Gasteiger partial charge >= 0.3 is 0 Å². The molecule has 1 N–H and O–H groups in total. The van der Waals surface area contributed by atoms with Gasteiger partial charge < -0.3 is 9.47 Å². The molecule has 1 aromatic carbocycles. The molecule has 9 heteroatoms. The standard InChI is InChI=1S/C21H17N5O3S/c1-2-16-14(10-23-26(16)19-5-3-4-8-22-19)20(27)25-21-24-15(11-30-21)13-6-7-17-18(9-13)29-12-28-17/h3-11H,2,12H2,1H3,(H,24,25,27). The van der Waals surface area contributed by atoms with Crippen LogP contribution in [0.5, 0.6) is 11.5 Å². The number of aromatic nitrogens is 4. The van der Waals surface area contributed by atoms with Gasteiger partial charge in [0.05, 0.1) is 23.1 Å². The first kappa shape index (κ1) is 18.3. The van der Waals surface area contributed by atoms with E-state index < -0.39 is 0 Å². The van der Waals surface area contributed by atoms with E-state index in [0.29, 0.717) is 28.7 Å². The minimum absolute atomic E-state index is 0.225. The first-order valence-corrected chi connectivity index (χ1v) is 10.3. The number of anilines is 1. The van der Waals surface area contributed by atoms with Crippen molar-refractivity contribution in [3.05, 3.63) is 65.4 Å². The second kappa shape index (κ2) is 7.60. The molecule has 0 bridgehead atoms. The summed E-state index contributed by atoms with van der Waals surface area (Å²) in [5.41, 5.74) is 2.95. The SMILES string of the molecule is CCc1c(C(=O)Nc2nc(-c3ccc4c(c3)OCO4)cs2)cnn1-c1ccccn1. The summed E-state index contributed by atoms with van der Waals surface area (Å²) >= 11 is 1.36. The molecule has 8 nitrogen and oxygen atoms in total. The smallest absolute Gasteiger partial charge is 0.260 e. The zero-order valence-corrected chi connectivity index (χ0v) is 16.8. The zero-order chi connectivity index (χ0) is 20.5. The molecule has 0 atom stereocenters. The molecule has 0 unspecified atom stereocenters. The first-order chi connectivity index (χ1) is 14.7. The van der Waals surface area contributed by atoms with Crippen LogP contribution in [0.4, 0.5) is 5.13 Å². The van der Waals surface area contributed by atoms with Gasteiger partial charge in [0.25, 0.3) is 5.91 Å². The summed E-state index contributed by atoms with van der Waals surface area (Å²) in [6.45, 7) is 2.21. The van der Waals surface area contributed by atoms with Crippen LogP contribution in [0, 0.1) is 0 Å². The van der Waals surface area contributed by atoms with Crippen molar-refractivity contribution in [3.8, 4) is 28.6 Å². The van der Waals surface area contributed by atoms with Gasteiger partial charge in [0, 0.05) is 17.1 Å². The van der Waals surface area contributed by atoms with E-state index in [0.717, 1.165) is 22.7 Å². The number of pyridine rings is 1. The maximum Gasteiger partial charge on any atom is 0.260 e. The lowest BCUT2D eigenvalue weighted by atomic mass is 10.1. The lowest BCUT2D eigenvalue weighted by molar-refractivity contribution is 0.102. The molecule has 5 rings (SSSR count). The van der Waals surface area contributed by atoms with E-state index in [1.54, 1.807) is 17.1 Å². The Hall–Kier alpha value is -3.72. The van der Waals surface area contributed by atoms with Crippen molar-refractivity contribution < 1.29 is 14.3 Å². The normalized spacial score (nSPS) is 12.2. The molecule has 0 spiro atoms. The van der Waals surface area contributed by atoms with Gasteiger partial charge in [-0.1, -0.05) is 13.0 Å². The number of amides is 1. The molecule has 3 aromatic heterocycles. The molecule has 0 radical (unpaired) electrons. The summed E-state index contributed by atoms with van der Waals surface area (Å²) in [6, 6.07) is 11.2. The second-order valence-electron chi connectivity index (χ2n) is 6.52. The van der Waals surface area contributed by atoms with E-state index in [9.17, 15) is 4.79 Å². The summed E-state index contributed by atoms with van der Waals surface area (Å²) in [5, 5.41) is 9.64. The van der Waals surface area contributed by atoms with Crippen molar-refractivity contribution in [2.24, 2.45) is 0 Å². The van der Waals surface area contributed by atoms with Crippen molar-refractivity contribution in [1.82, 2.24) is 19.7 Å². The molecule has 0 fully saturated rings. The highest BCUT2D eigenvalue weighted by Crippen LogP contribution is 2.36. The molecule has 150 valence electrons. The molecule has 0 aliphatic carbocycles. The number of ether oxygens (including phenoxy) is 2. The van der Waals surface area contributed by atoms with Crippen molar-refractivity contribution in [2.75, 3.05) is 12.1 Å². The average Bonchev–Trinajstić information content (AvgIpc) is 3.52. The first-order valence-electron chi connectivity index (χ1n) is 9.38. The highest BCUT2D eigenvalue weighted by Gasteiger charge is 2.20. The zero-order valence-electron chi connectivity index (χ0n) is 16.0. The Morgan fingerprint density at radius 1 is 1.23 bits per heavy atom. The Kier molecular flexibility index (Phi) is 4.64. The molecule has 30 heavy (non-hydrogen) atoms. The number of fused-ring (bicyclic) bond motifs is 1. The van der Waals surface area contributed by atoms with Gasteiger partial charge in [-0.2, -0.15) is 5.10 Å². The third-order valence-corrected chi connectivity index (χ3v) is 5.47. The lowest BCUT2D eigenvalue weighted by Gasteiger charge is -2.06. The van der Waals surface area contributed by atoms with Crippen LogP contribution in [-0.2, 0) is 6.42 Å². The Morgan fingerprint density at radius 3 is 2.97 bits per heavy atom. The van der Waals surface area contributed by atoms with Crippen LogP contribution in [0.1, 0.15) is 23.0 Å². The highest BCUT2D eigenvalue weighted by atomic mass is 32.1. The number of nitrogens with zero attached hydrogens (tertiary/aromatic N) is 4. The summed E-state index contributed by atoms with van der Waals surface area (Å²) < 4.78 is 12.5. The Bertz CT molecular complexity index is 1220. The predicted molar refractivity (Wildman–Crippen MR) is 112 cm³/mol. The van der Waals surface area contributed by atoms with Gasteiger partial charge in [-0.3, -0.25) is 10.1 Å². The largest absolute Gasteiger partial charge is 0.454 e. The van der Waals surface area contributed by atoms with Gasteiger partial charge in [-0.25, -0.2) is 14.6 Å². The van der Waals surface area contributed by atoms with Crippen molar-refractivity contribution in [2.45, 2.75) is 13.3 Å². The molecule has 1 aliphatic heterocycles. The van der Waals surface area contributed by atoms with Crippen LogP contribution < -0.4 is 14.8 Å². The maximum absolute atomic E-state index is 12.9. The van der Waals surface area contributed by atoms with E-state index in [1.807, 2.05) is 48.7 Å². The van der Waals surface area contributed by atoms with Crippen molar-refractivity contribution in [3.63, 3.8) is 0 Å². The molecule has 0 saturated heterocycles. The molecule has 4 aromatic rings. The number of carbonyl (C=O) groups excluding carboxylic acids is 1. The summed E-state index contributed by atoms with van der Waals surface area (Å²) in [4.78, 5) is 21.7. The van der Waals surface area contributed by atoms with Gasteiger partial charge in [0.2, 0.25) is 6.79 Å². The van der Waals surface area contributed by atoms with Crippen LogP contribution in [-0.4, -0.2) is 32.4 Å². The number of thiazole rings is 1. The number of hydrogen-bond acceptors (Lipinski definition) is 7.